The molecule has 3 aromatic carbocycles. The topological polar surface area (TPSA) is 101 Å². The Bertz CT molecular complexity index is 1140. The number of carbonyl (C=O) groups excluding carboxylic acids is 1. The van der Waals surface area contributed by atoms with Gasteiger partial charge in [0.15, 0.2) is 5.82 Å². The zero-order valence-corrected chi connectivity index (χ0v) is 14.3. The summed E-state index contributed by atoms with van der Waals surface area (Å²) in [6, 6.07) is 21.6. The number of carbonyl (C=O) groups is 1. The number of nitrogens with zero attached hydrogens (tertiary/aromatic N) is 2. The number of anilines is 2. The number of fused-ring (bicyclic) bond motifs is 1. The van der Waals surface area contributed by atoms with Gasteiger partial charge in [0, 0.05) is 33.7 Å². The second-order valence-electron chi connectivity index (χ2n) is 6.06. The highest BCUT2D eigenvalue weighted by molar-refractivity contribution is 6.01. The van der Waals surface area contributed by atoms with Crippen LogP contribution in [0, 0.1) is 0 Å². The Hall–Kier alpha value is -3.93. The number of phenolic OH excluding ortho intramolecular Hbond substituents is 1. The van der Waals surface area contributed by atoms with E-state index in [1.54, 1.807) is 42.5 Å². The molecule has 0 unspecified atom stereocenters. The summed E-state index contributed by atoms with van der Waals surface area (Å²) in [6.45, 7) is 0. The first-order valence-corrected chi connectivity index (χ1v) is 8.33. The van der Waals surface area contributed by atoms with Crippen molar-refractivity contribution in [3.8, 4) is 17.0 Å². The van der Waals surface area contributed by atoms with Gasteiger partial charge in [-0.3, -0.25) is 4.79 Å². The van der Waals surface area contributed by atoms with E-state index in [0.29, 0.717) is 22.8 Å². The number of benzene rings is 3. The fourth-order valence-corrected chi connectivity index (χ4v) is 2.92. The van der Waals surface area contributed by atoms with Gasteiger partial charge >= 0.3 is 0 Å². The largest absolute Gasteiger partial charge is 0.508 e. The minimum Gasteiger partial charge on any atom is -0.508 e. The van der Waals surface area contributed by atoms with Gasteiger partial charge in [0.1, 0.15) is 11.4 Å². The van der Waals surface area contributed by atoms with Crippen LogP contribution in [0.4, 0.5) is 11.5 Å². The molecule has 0 radical (unpaired) electrons. The maximum absolute atomic E-state index is 11.3. The number of rotatable bonds is 4. The molecule has 0 fully saturated rings. The number of phenols is 1. The maximum atomic E-state index is 11.3. The van der Waals surface area contributed by atoms with E-state index in [0.717, 1.165) is 16.3 Å². The van der Waals surface area contributed by atoms with Crippen LogP contribution in [0.15, 0.2) is 72.8 Å². The molecule has 27 heavy (non-hydrogen) atoms. The lowest BCUT2D eigenvalue weighted by Gasteiger charge is -2.11. The quantitative estimate of drug-likeness (QED) is 0.516. The number of primary amides is 1. The van der Waals surface area contributed by atoms with Gasteiger partial charge in [0.25, 0.3) is 0 Å². The van der Waals surface area contributed by atoms with Crippen LogP contribution < -0.4 is 11.1 Å². The van der Waals surface area contributed by atoms with E-state index in [1.165, 1.54) is 0 Å². The van der Waals surface area contributed by atoms with Crippen LogP contribution in [0.1, 0.15) is 10.4 Å². The molecule has 0 bridgehead atoms. The summed E-state index contributed by atoms with van der Waals surface area (Å²) in [7, 11) is 0. The first-order chi connectivity index (χ1) is 13.1. The zero-order valence-electron chi connectivity index (χ0n) is 14.3. The van der Waals surface area contributed by atoms with E-state index < -0.39 is 5.91 Å². The van der Waals surface area contributed by atoms with Gasteiger partial charge < -0.3 is 16.2 Å². The molecule has 6 heteroatoms. The Morgan fingerprint density at radius 3 is 2.33 bits per heavy atom. The Labute approximate surface area is 155 Å². The highest BCUT2D eigenvalue weighted by atomic mass is 16.3. The van der Waals surface area contributed by atoms with E-state index in [4.69, 9.17) is 5.73 Å². The number of hydrogen-bond acceptors (Lipinski definition) is 5. The normalized spacial score (nSPS) is 10.7. The van der Waals surface area contributed by atoms with E-state index in [9.17, 15) is 9.90 Å². The molecule has 0 aliphatic heterocycles. The summed E-state index contributed by atoms with van der Waals surface area (Å²) in [5.74, 6) is 0.292. The Balaban J connectivity index is 1.79. The van der Waals surface area contributed by atoms with E-state index in [2.05, 4.69) is 15.5 Å². The van der Waals surface area contributed by atoms with Crippen molar-refractivity contribution in [2.24, 2.45) is 5.73 Å². The van der Waals surface area contributed by atoms with E-state index in [1.807, 2.05) is 30.3 Å². The summed E-state index contributed by atoms with van der Waals surface area (Å²) in [6.07, 6.45) is 0. The molecule has 0 aliphatic carbocycles. The number of nitrogens with one attached hydrogen (secondary N) is 1. The van der Waals surface area contributed by atoms with Crippen molar-refractivity contribution in [3.63, 3.8) is 0 Å². The molecular weight excluding hydrogens is 340 g/mol. The molecule has 0 aliphatic rings. The molecule has 132 valence electrons. The van der Waals surface area contributed by atoms with Crippen molar-refractivity contribution < 1.29 is 9.90 Å². The molecule has 6 nitrogen and oxygen atoms in total. The average Bonchev–Trinajstić information content (AvgIpc) is 2.68. The van der Waals surface area contributed by atoms with Crippen LogP contribution in [0.25, 0.3) is 22.0 Å². The lowest BCUT2D eigenvalue weighted by molar-refractivity contribution is 0.100. The smallest absolute Gasteiger partial charge is 0.248 e. The van der Waals surface area contributed by atoms with Gasteiger partial charge in [-0.1, -0.05) is 42.5 Å². The van der Waals surface area contributed by atoms with Crippen molar-refractivity contribution in [1.82, 2.24) is 10.2 Å². The van der Waals surface area contributed by atoms with Gasteiger partial charge in [-0.15, -0.1) is 10.2 Å². The lowest BCUT2D eigenvalue weighted by atomic mass is 10.0. The van der Waals surface area contributed by atoms with Crippen molar-refractivity contribution in [2.75, 3.05) is 5.32 Å². The van der Waals surface area contributed by atoms with Gasteiger partial charge in [0.05, 0.1) is 0 Å². The summed E-state index contributed by atoms with van der Waals surface area (Å²) >= 11 is 0. The Morgan fingerprint density at radius 2 is 1.63 bits per heavy atom. The van der Waals surface area contributed by atoms with Gasteiger partial charge in [-0.25, -0.2) is 0 Å². The highest BCUT2D eigenvalue weighted by Gasteiger charge is 2.12. The van der Waals surface area contributed by atoms with Gasteiger partial charge in [-0.2, -0.15) is 0 Å². The first-order valence-electron chi connectivity index (χ1n) is 8.33. The number of aromatic nitrogens is 2. The van der Waals surface area contributed by atoms with Crippen LogP contribution in [-0.2, 0) is 0 Å². The fraction of sp³-hybridized carbons (Fsp3) is 0. The third kappa shape index (κ3) is 3.28. The SMILES string of the molecule is NC(=O)c1ccc(-c2nnc(Nc3cccc(O)c3)c3ccccc23)cc1. The molecule has 1 amide bonds. The second kappa shape index (κ2) is 6.76. The molecule has 0 saturated carbocycles. The van der Waals surface area contributed by atoms with Crippen molar-refractivity contribution in [2.45, 2.75) is 0 Å². The summed E-state index contributed by atoms with van der Waals surface area (Å²) in [5.41, 5.74) is 8.01. The standard InChI is InChI=1S/C21H16N4O2/c22-20(27)14-10-8-13(9-11-14)19-17-6-1-2-7-18(17)21(25-24-19)23-15-4-3-5-16(26)12-15/h1-12,26H,(H2,22,27)(H,23,25). The Kier molecular flexibility index (Phi) is 4.14. The van der Waals surface area contributed by atoms with Crippen molar-refractivity contribution in [1.29, 1.82) is 0 Å². The van der Waals surface area contributed by atoms with Crippen LogP contribution in [0.2, 0.25) is 0 Å². The molecule has 4 aromatic rings. The van der Waals surface area contributed by atoms with Crippen LogP contribution in [-0.4, -0.2) is 21.2 Å². The highest BCUT2D eigenvalue weighted by Crippen LogP contribution is 2.31. The summed E-state index contributed by atoms with van der Waals surface area (Å²) in [4.78, 5) is 11.3. The Morgan fingerprint density at radius 1 is 0.889 bits per heavy atom. The minimum absolute atomic E-state index is 0.170. The third-order valence-electron chi connectivity index (χ3n) is 4.24. The fourth-order valence-electron chi connectivity index (χ4n) is 2.92. The van der Waals surface area contributed by atoms with Crippen LogP contribution in [0.5, 0.6) is 5.75 Å². The summed E-state index contributed by atoms with van der Waals surface area (Å²) in [5, 5.41) is 23.4. The van der Waals surface area contributed by atoms with Crippen molar-refractivity contribution in [3.05, 3.63) is 78.4 Å². The number of aromatic hydroxyl groups is 1. The molecule has 4 rings (SSSR count). The third-order valence-corrected chi connectivity index (χ3v) is 4.24. The van der Waals surface area contributed by atoms with Gasteiger partial charge in [-0.05, 0) is 24.3 Å². The maximum Gasteiger partial charge on any atom is 0.248 e. The second-order valence-corrected chi connectivity index (χ2v) is 6.06. The molecule has 0 saturated heterocycles. The molecule has 0 spiro atoms. The predicted molar refractivity (Wildman–Crippen MR) is 105 cm³/mol. The molecule has 0 atom stereocenters. The number of nitrogens with two attached hydrogens (primary N) is 1. The van der Waals surface area contributed by atoms with Crippen molar-refractivity contribution >= 4 is 28.2 Å². The zero-order chi connectivity index (χ0) is 18.8. The molecule has 1 aromatic heterocycles. The predicted octanol–water partition coefficient (Wildman–Crippen LogP) is 3.84. The minimum atomic E-state index is -0.469. The van der Waals surface area contributed by atoms with E-state index >= 15 is 0 Å². The van der Waals surface area contributed by atoms with E-state index in [-0.39, 0.29) is 5.75 Å². The average molecular weight is 356 g/mol. The number of amides is 1. The van der Waals surface area contributed by atoms with Gasteiger partial charge in [0.2, 0.25) is 5.91 Å². The monoisotopic (exact) mass is 356 g/mol. The summed E-state index contributed by atoms with van der Waals surface area (Å²) < 4.78 is 0. The molecule has 4 N–H and O–H groups in total. The van der Waals surface area contributed by atoms with Crippen LogP contribution >= 0.6 is 0 Å². The first kappa shape index (κ1) is 16.5. The number of hydrogen-bond donors (Lipinski definition) is 3. The molecule has 1 heterocycles. The van der Waals surface area contributed by atoms with Crippen LogP contribution in [0.3, 0.4) is 0 Å². The molecular formula is C21H16N4O2. The lowest BCUT2D eigenvalue weighted by Crippen LogP contribution is -2.10.